The number of carbonyl (C=O) groups is 3. The van der Waals surface area contributed by atoms with E-state index >= 15 is 0 Å². The fourth-order valence-electron chi connectivity index (χ4n) is 2.53. The van der Waals surface area contributed by atoms with Crippen LogP contribution in [-0.2, 0) is 27.3 Å². The van der Waals surface area contributed by atoms with E-state index in [2.05, 4.69) is 16.0 Å². The van der Waals surface area contributed by atoms with E-state index in [4.69, 9.17) is 4.74 Å². The van der Waals surface area contributed by atoms with E-state index in [9.17, 15) is 14.4 Å². The molecule has 2 rings (SSSR count). The summed E-state index contributed by atoms with van der Waals surface area (Å²) in [5.41, 5.74) is 3.06. The predicted octanol–water partition coefficient (Wildman–Crippen LogP) is 3.32. The van der Waals surface area contributed by atoms with Crippen molar-refractivity contribution in [1.29, 1.82) is 0 Å². The molecule has 3 amide bonds. The summed E-state index contributed by atoms with van der Waals surface area (Å²) in [5, 5.41) is 7.99. The fourth-order valence-corrected chi connectivity index (χ4v) is 2.53. The molecule has 0 aliphatic rings. The number of nitrogens with one attached hydrogen (secondary N) is 3. The van der Waals surface area contributed by atoms with Crippen LogP contribution in [0.2, 0.25) is 0 Å². The van der Waals surface area contributed by atoms with Crippen molar-refractivity contribution in [3.8, 4) is 0 Å². The molecular formula is C23H29N3O4. The monoisotopic (exact) mass is 411 g/mol. The van der Waals surface area contributed by atoms with Gasteiger partial charge in [-0.2, -0.15) is 0 Å². The quantitative estimate of drug-likeness (QED) is 0.651. The molecule has 0 spiro atoms. The van der Waals surface area contributed by atoms with E-state index in [1.165, 1.54) is 0 Å². The van der Waals surface area contributed by atoms with Gasteiger partial charge in [0, 0.05) is 12.2 Å². The van der Waals surface area contributed by atoms with Crippen molar-refractivity contribution in [3.05, 3.63) is 65.2 Å². The maximum Gasteiger partial charge on any atom is 0.408 e. The van der Waals surface area contributed by atoms with Gasteiger partial charge in [0.15, 0.2) is 0 Å². The van der Waals surface area contributed by atoms with E-state index in [1.54, 1.807) is 32.9 Å². The smallest absolute Gasteiger partial charge is 0.408 e. The Hall–Kier alpha value is -3.35. The number of rotatable bonds is 7. The van der Waals surface area contributed by atoms with Gasteiger partial charge < -0.3 is 20.7 Å². The average Bonchev–Trinajstić information content (AvgIpc) is 2.66. The fraction of sp³-hybridized carbons (Fsp3) is 0.348. The minimum Gasteiger partial charge on any atom is -0.444 e. The molecule has 2 aromatic carbocycles. The van der Waals surface area contributed by atoms with Crippen molar-refractivity contribution in [2.45, 2.75) is 46.3 Å². The van der Waals surface area contributed by atoms with Crippen LogP contribution in [0.15, 0.2) is 48.5 Å². The Morgan fingerprint density at radius 1 is 0.833 bits per heavy atom. The van der Waals surface area contributed by atoms with Gasteiger partial charge in [-0.1, -0.05) is 42.0 Å². The molecule has 0 fully saturated rings. The topological polar surface area (TPSA) is 96.5 Å². The van der Waals surface area contributed by atoms with E-state index in [-0.39, 0.29) is 18.4 Å². The molecule has 3 N–H and O–H groups in total. The first-order chi connectivity index (χ1) is 14.1. The lowest BCUT2D eigenvalue weighted by Gasteiger charge is -2.19. The molecule has 0 bridgehead atoms. The van der Waals surface area contributed by atoms with Gasteiger partial charge in [-0.3, -0.25) is 9.59 Å². The van der Waals surface area contributed by atoms with E-state index < -0.39 is 11.7 Å². The standard InChI is InChI=1S/C23H29N3O4/c1-16-5-7-17(8-6-16)13-20(27)26-19-11-9-18(10-12-19)14-24-21(28)15-25-22(29)30-23(2,3)4/h5-12H,13-15H2,1-4H3,(H,24,28)(H,25,29)(H,26,27). The van der Waals surface area contributed by atoms with E-state index in [0.717, 1.165) is 16.7 Å². The molecule has 0 saturated heterocycles. The molecule has 0 saturated carbocycles. The number of ether oxygens (including phenoxy) is 1. The van der Waals surface area contributed by atoms with Crippen LogP contribution >= 0.6 is 0 Å². The molecule has 2 aromatic rings. The van der Waals surface area contributed by atoms with Crippen LogP contribution in [0.1, 0.15) is 37.5 Å². The predicted molar refractivity (Wildman–Crippen MR) is 116 cm³/mol. The lowest BCUT2D eigenvalue weighted by molar-refractivity contribution is -0.120. The molecule has 7 nitrogen and oxygen atoms in total. The summed E-state index contributed by atoms with van der Waals surface area (Å²) in [4.78, 5) is 35.6. The summed E-state index contributed by atoms with van der Waals surface area (Å²) in [6, 6.07) is 15.1. The summed E-state index contributed by atoms with van der Waals surface area (Å²) in [5.74, 6) is -0.413. The second kappa shape index (κ2) is 10.4. The average molecular weight is 412 g/mol. The lowest BCUT2D eigenvalue weighted by Crippen LogP contribution is -2.39. The van der Waals surface area contributed by atoms with Crippen LogP contribution < -0.4 is 16.0 Å². The third kappa shape index (κ3) is 8.77. The van der Waals surface area contributed by atoms with Crippen LogP contribution in [0, 0.1) is 6.92 Å². The number of hydrogen-bond donors (Lipinski definition) is 3. The summed E-state index contributed by atoms with van der Waals surface area (Å²) < 4.78 is 5.07. The van der Waals surface area contributed by atoms with Gasteiger partial charge in [0.1, 0.15) is 12.1 Å². The summed E-state index contributed by atoms with van der Waals surface area (Å²) >= 11 is 0. The van der Waals surface area contributed by atoms with Gasteiger partial charge >= 0.3 is 6.09 Å². The molecule has 30 heavy (non-hydrogen) atoms. The molecule has 0 radical (unpaired) electrons. The van der Waals surface area contributed by atoms with Crippen LogP contribution in [-0.4, -0.2) is 30.1 Å². The number of aryl methyl sites for hydroxylation is 1. The highest BCUT2D eigenvalue weighted by Gasteiger charge is 2.16. The first kappa shape index (κ1) is 22.9. The molecular weight excluding hydrogens is 382 g/mol. The molecule has 7 heteroatoms. The molecule has 0 unspecified atom stereocenters. The van der Waals surface area contributed by atoms with Crippen molar-refractivity contribution in [1.82, 2.24) is 10.6 Å². The third-order valence-electron chi connectivity index (χ3n) is 4.00. The highest BCUT2D eigenvalue weighted by atomic mass is 16.6. The van der Waals surface area contributed by atoms with Crippen molar-refractivity contribution < 1.29 is 19.1 Å². The Bertz CT molecular complexity index is 869. The normalized spacial score (nSPS) is 10.8. The molecule has 0 aromatic heterocycles. The number of hydrogen-bond acceptors (Lipinski definition) is 4. The number of alkyl carbamates (subject to hydrolysis) is 1. The van der Waals surface area contributed by atoms with Crippen LogP contribution in [0.4, 0.5) is 10.5 Å². The zero-order valence-corrected chi connectivity index (χ0v) is 17.9. The van der Waals surface area contributed by atoms with Gasteiger partial charge in [-0.05, 0) is 51.0 Å². The molecule has 0 aliphatic carbocycles. The third-order valence-corrected chi connectivity index (χ3v) is 4.00. The van der Waals surface area contributed by atoms with Crippen LogP contribution in [0.25, 0.3) is 0 Å². The lowest BCUT2D eigenvalue weighted by atomic mass is 10.1. The minimum atomic E-state index is -0.636. The van der Waals surface area contributed by atoms with Crippen LogP contribution in [0.5, 0.6) is 0 Å². The molecule has 160 valence electrons. The highest BCUT2D eigenvalue weighted by molar-refractivity contribution is 5.92. The Morgan fingerprint density at radius 2 is 1.43 bits per heavy atom. The van der Waals surface area contributed by atoms with Gasteiger partial charge in [0.25, 0.3) is 0 Å². The highest BCUT2D eigenvalue weighted by Crippen LogP contribution is 2.11. The first-order valence-electron chi connectivity index (χ1n) is 9.78. The van der Waals surface area contributed by atoms with Crippen LogP contribution in [0.3, 0.4) is 0 Å². The number of benzene rings is 2. The van der Waals surface area contributed by atoms with Crippen molar-refractivity contribution in [2.24, 2.45) is 0 Å². The van der Waals surface area contributed by atoms with E-state index in [0.29, 0.717) is 18.7 Å². The van der Waals surface area contributed by atoms with Gasteiger partial charge in [-0.15, -0.1) is 0 Å². The van der Waals surface area contributed by atoms with Gasteiger partial charge in [-0.25, -0.2) is 4.79 Å². The Morgan fingerprint density at radius 3 is 2.03 bits per heavy atom. The summed E-state index contributed by atoms with van der Waals surface area (Å²) in [6.07, 6.45) is -0.327. The SMILES string of the molecule is Cc1ccc(CC(=O)Nc2ccc(CNC(=O)CNC(=O)OC(C)(C)C)cc2)cc1. The maximum absolute atomic E-state index is 12.2. The van der Waals surface area contributed by atoms with Crippen molar-refractivity contribution in [2.75, 3.05) is 11.9 Å². The molecule has 0 atom stereocenters. The van der Waals surface area contributed by atoms with Gasteiger partial charge in [0.05, 0.1) is 6.42 Å². The largest absolute Gasteiger partial charge is 0.444 e. The second-order valence-corrected chi connectivity index (χ2v) is 8.04. The van der Waals surface area contributed by atoms with Gasteiger partial charge in [0.2, 0.25) is 11.8 Å². The number of amides is 3. The zero-order chi connectivity index (χ0) is 22.1. The van der Waals surface area contributed by atoms with Crippen molar-refractivity contribution >= 4 is 23.6 Å². The minimum absolute atomic E-state index is 0.0897. The van der Waals surface area contributed by atoms with Crippen molar-refractivity contribution in [3.63, 3.8) is 0 Å². The Balaban J connectivity index is 1.73. The van der Waals surface area contributed by atoms with E-state index in [1.807, 2.05) is 43.3 Å². The molecule has 0 heterocycles. The molecule has 0 aliphatic heterocycles. The number of anilines is 1. The first-order valence-corrected chi connectivity index (χ1v) is 9.78. The summed E-state index contributed by atoms with van der Waals surface area (Å²) in [6.45, 7) is 7.41. The second-order valence-electron chi connectivity index (χ2n) is 8.04. The zero-order valence-electron chi connectivity index (χ0n) is 17.9. The maximum atomic E-state index is 12.2. The number of carbonyl (C=O) groups excluding carboxylic acids is 3. The Labute approximate surface area is 177 Å². The summed E-state index contributed by atoms with van der Waals surface area (Å²) in [7, 11) is 0. The Kier molecular flexibility index (Phi) is 7.98.